The van der Waals surface area contributed by atoms with E-state index in [1.165, 1.54) is 0 Å². The molecule has 4 N–H and O–H groups in total. The fraction of sp³-hybridized carbons (Fsp3) is 0.364. The molecule has 88 valence electrons. The molecular formula is C11H17N3O2. The molecule has 0 amide bonds. The van der Waals surface area contributed by atoms with Crippen molar-refractivity contribution in [2.45, 2.75) is 19.4 Å². The van der Waals surface area contributed by atoms with Crippen LogP contribution >= 0.6 is 0 Å². The molecule has 5 nitrogen and oxygen atoms in total. The minimum absolute atomic E-state index is 0.168. The first-order valence-corrected chi connectivity index (χ1v) is 5.09. The third-order valence-electron chi connectivity index (χ3n) is 2.31. The van der Waals surface area contributed by atoms with E-state index in [-0.39, 0.29) is 11.9 Å². The topological polar surface area (TPSA) is 79.9 Å². The highest BCUT2D eigenvalue weighted by Crippen LogP contribution is 2.16. The maximum absolute atomic E-state index is 8.60. The van der Waals surface area contributed by atoms with E-state index in [4.69, 9.17) is 15.7 Å². The van der Waals surface area contributed by atoms with Gasteiger partial charge in [0.2, 0.25) is 0 Å². The van der Waals surface area contributed by atoms with E-state index in [9.17, 15) is 0 Å². The quantitative estimate of drug-likeness (QED) is 0.307. The summed E-state index contributed by atoms with van der Waals surface area (Å²) in [6.45, 7) is 1.96. The van der Waals surface area contributed by atoms with Crippen molar-refractivity contribution >= 4 is 11.5 Å². The molecule has 0 bridgehead atoms. The van der Waals surface area contributed by atoms with Crippen molar-refractivity contribution in [3.05, 3.63) is 24.3 Å². The van der Waals surface area contributed by atoms with E-state index in [0.717, 1.165) is 17.9 Å². The summed E-state index contributed by atoms with van der Waals surface area (Å²) in [7, 11) is 1.62. The Balaban J connectivity index is 2.70. The first-order chi connectivity index (χ1) is 7.71. The number of oxime groups is 1. The van der Waals surface area contributed by atoms with Gasteiger partial charge in [0.15, 0.2) is 5.84 Å². The number of hydrogen-bond donors (Lipinski definition) is 3. The van der Waals surface area contributed by atoms with Gasteiger partial charge in [0, 0.05) is 5.69 Å². The first kappa shape index (κ1) is 12.2. The minimum atomic E-state index is -0.168. The molecule has 0 radical (unpaired) electrons. The summed E-state index contributed by atoms with van der Waals surface area (Å²) in [5, 5.41) is 14.8. The van der Waals surface area contributed by atoms with Crippen LogP contribution in [0, 0.1) is 0 Å². The zero-order valence-electron chi connectivity index (χ0n) is 9.47. The Labute approximate surface area is 94.9 Å². The SMILES string of the molecule is CCC(Nc1ccc(OC)cc1)C(N)=NO. The molecule has 0 heterocycles. The maximum atomic E-state index is 8.60. The monoisotopic (exact) mass is 223 g/mol. The second kappa shape index (κ2) is 5.85. The van der Waals surface area contributed by atoms with Crippen LogP contribution in [0.3, 0.4) is 0 Å². The number of rotatable bonds is 5. The van der Waals surface area contributed by atoms with Gasteiger partial charge in [-0.1, -0.05) is 12.1 Å². The molecule has 1 aromatic rings. The molecule has 0 aliphatic heterocycles. The van der Waals surface area contributed by atoms with Gasteiger partial charge in [-0.05, 0) is 30.7 Å². The Hall–Kier alpha value is -1.91. The van der Waals surface area contributed by atoms with Crippen LogP contribution in [0.4, 0.5) is 5.69 Å². The predicted octanol–water partition coefficient (Wildman–Crippen LogP) is 1.63. The highest BCUT2D eigenvalue weighted by molar-refractivity contribution is 5.87. The molecular weight excluding hydrogens is 206 g/mol. The second-order valence-electron chi connectivity index (χ2n) is 3.36. The van der Waals surface area contributed by atoms with Crippen molar-refractivity contribution in [3.8, 4) is 5.75 Å². The number of ether oxygens (including phenoxy) is 1. The van der Waals surface area contributed by atoms with Crippen LogP contribution in [0.25, 0.3) is 0 Å². The van der Waals surface area contributed by atoms with Crippen molar-refractivity contribution in [2.75, 3.05) is 12.4 Å². The fourth-order valence-electron chi connectivity index (χ4n) is 1.34. The zero-order chi connectivity index (χ0) is 12.0. The van der Waals surface area contributed by atoms with Crippen molar-refractivity contribution in [3.63, 3.8) is 0 Å². The predicted molar refractivity (Wildman–Crippen MR) is 64.1 cm³/mol. The average molecular weight is 223 g/mol. The first-order valence-electron chi connectivity index (χ1n) is 5.09. The Kier molecular flexibility index (Phi) is 4.44. The Morgan fingerprint density at radius 2 is 2.12 bits per heavy atom. The molecule has 0 aliphatic carbocycles. The molecule has 1 unspecified atom stereocenters. The lowest BCUT2D eigenvalue weighted by atomic mass is 10.2. The smallest absolute Gasteiger partial charge is 0.161 e. The van der Waals surface area contributed by atoms with Gasteiger partial charge in [-0.25, -0.2) is 0 Å². The van der Waals surface area contributed by atoms with Crippen molar-refractivity contribution < 1.29 is 9.94 Å². The van der Waals surface area contributed by atoms with Gasteiger partial charge in [0.05, 0.1) is 13.2 Å². The van der Waals surface area contributed by atoms with Crippen molar-refractivity contribution in [1.82, 2.24) is 0 Å². The number of nitrogens with two attached hydrogens (primary N) is 1. The third-order valence-corrected chi connectivity index (χ3v) is 2.31. The summed E-state index contributed by atoms with van der Waals surface area (Å²) in [6, 6.07) is 7.29. The molecule has 1 aromatic carbocycles. The molecule has 0 fully saturated rings. The van der Waals surface area contributed by atoms with E-state index < -0.39 is 0 Å². The van der Waals surface area contributed by atoms with Crippen molar-refractivity contribution in [2.24, 2.45) is 10.9 Å². The van der Waals surface area contributed by atoms with Crippen LogP contribution in [0.5, 0.6) is 5.75 Å². The number of nitrogens with one attached hydrogen (secondary N) is 1. The normalized spacial score (nSPS) is 13.2. The highest BCUT2D eigenvalue weighted by Gasteiger charge is 2.10. The van der Waals surface area contributed by atoms with Gasteiger partial charge in [-0.15, -0.1) is 0 Å². The summed E-state index contributed by atoms with van der Waals surface area (Å²) < 4.78 is 5.05. The van der Waals surface area contributed by atoms with E-state index in [0.29, 0.717) is 0 Å². The van der Waals surface area contributed by atoms with Crippen LogP contribution in [0.2, 0.25) is 0 Å². The molecule has 1 rings (SSSR count). The minimum Gasteiger partial charge on any atom is -0.497 e. The number of methoxy groups -OCH3 is 1. The summed E-state index contributed by atoms with van der Waals surface area (Å²) >= 11 is 0. The largest absolute Gasteiger partial charge is 0.497 e. The molecule has 1 atom stereocenters. The van der Waals surface area contributed by atoms with Gasteiger partial charge in [-0.3, -0.25) is 0 Å². The second-order valence-corrected chi connectivity index (χ2v) is 3.36. The van der Waals surface area contributed by atoms with Gasteiger partial charge in [0.1, 0.15) is 5.75 Å². The van der Waals surface area contributed by atoms with Crippen LogP contribution in [0.15, 0.2) is 29.4 Å². The third kappa shape index (κ3) is 3.05. The van der Waals surface area contributed by atoms with Crippen LogP contribution in [-0.4, -0.2) is 24.2 Å². The number of hydrogen-bond acceptors (Lipinski definition) is 4. The fourth-order valence-corrected chi connectivity index (χ4v) is 1.34. The van der Waals surface area contributed by atoms with Gasteiger partial charge >= 0.3 is 0 Å². The van der Waals surface area contributed by atoms with E-state index in [1.54, 1.807) is 7.11 Å². The van der Waals surface area contributed by atoms with Crippen molar-refractivity contribution in [1.29, 1.82) is 0 Å². The maximum Gasteiger partial charge on any atom is 0.161 e. The molecule has 16 heavy (non-hydrogen) atoms. The van der Waals surface area contributed by atoms with Gasteiger partial charge in [0.25, 0.3) is 0 Å². The molecule has 0 spiro atoms. The number of amidine groups is 1. The summed E-state index contributed by atoms with van der Waals surface area (Å²) in [4.78, 5) is 0. The van der Waals surface area contributed by atoms with E-state index in [2.05, 4.69) is 10.5 Å². The number of benzene rings is 1. The summed E-state index contributed by atoms with van der Waals surface area (Å²) in [5.41, 5.74) is 6.45. The van der Waals surface area contributed by atoms with E-state index >= 15 is 0 Å². The Morgan fingerprint density at radius 1 is 1.50 bits per heavy atom. The van der Waals surface area contributed by atoms with Gasteiger partial charge < -0.3 is 21.0 Å². The highest BCUT2D eigenvalue weighted by atomic mass is 16.5. The summed E-state index contributed by atoms with van der Waals surface area (Å²) in [5.74, 6) is 0.973. The average Bonchev–Trinajstić information content (AvgIpc) is 2.35. The lowest BCUT2D eigenvalue weighted by Crippen LogP contribution is -2.35. The Bertz CT molecular complexity index is 349. The molecule has 0 saturated heterocycles. The lowest BCUT2D eigenvalue weighted by molar-refractivity contribution is 0.316. The lowest BCUT2D eigenvalue weighted by Gasteiger charge is -2.16. The standard InChI is InChI=1S/C11H17N3O2/c1-3-10(11(12)14-15)13-8-4-6-9(16-2)7-5-8/h4-7,10,13,15H,3H2,1-2H3,(H2,12,14). The number of anilines is 1. The molecule has 0 aliphatic rings. The van der Waals surface area contributed by atoms with E-state index in [1.807, 2.05) is 31.2 Å². The Morgan fingerprint density at radius 3 is 2.56 bits per heavy atom. The van der Waals surface area contributed by atoms with Crippen LogP contribution < -0.4 is 15.8 Å². The number of nitrogens with zero attached hydrogens (tertiary/aromatic N) is 1. The summed E-state index contributed by atoms with van der Waals surface area (Å²) in [6.07, 6.45) is 0.738. The molecule has 5 heteroatoms. The van der Waals surface area contributed by atoms with Crippen LogP contribution in [-0.2, 0) is 0 Å². The van der Waals surface area contributed by atoms with Crippen LogP contribution in [0.1, 0.15) is 13.3 Å². The zero-order valence-corrected chi connectivity index (χ0v) is 9.47. The van der Waals surface area contributed by atoms with Gasteiger partial charge in [-0.2, -0.15) is 0 Å². The molecule has 0 saturated carbocycles. The molecule has 0 aromatic heterocycles.